The summed E-state index contributed by atoms with van der Waals surface area (Å²) >= 11 is 3.25. The van der Waals surface area contributed by atoms with Crippen molar-refractivity contribution in [1.29, 1.82) is 0 Å². The molecule has 0 aliphatic heterocycles. The average Bonchev–Trinajstić information content (AvgIpc) is 2.35. The molecule has 1 saturated carbocycles. The highest BCUT2D eigenvalue weighted by atomic mass is 79.9. The molecule has 0 radical (unpaired) electrons. The Morgan fingerprint density at radius 1 is 1.72 bits per heavy atom. The number of H-pyrrole nitrogens is 1. The maximum atomic E-state index is 11.5. The first kappa shape index (κ1) is 13.5. The molecule has 0 saturated heterocycles. The lowest BCUT2D eigenvalue weighted by Gasteiger charge is -2.40. The van der Waals surface area contributed by atoms with Crippen molar-refractivity contribution in [3.05, 3.63) is 21.0 Å². The fourth-order valence-electron chi connectivity index (χ4n) is 2.71. The van der Waals surface area contributed by atoms with Crippen molar-refractivity contribution >= 4 is 21.6 Å². The topological polar surface area (TPSA) is 78.0 Å². The summed E-state index contributed by atoms with van der Waals surface area (Å²) in [6, 6.07) is 0. The van der Waals surface area contributed by atoms with Crippen LogP contribution in [-0.4, -0.2) is 27.4 Å². The summed E-state index contributed by atoms with van der Waals surface area (Å²) in [6.45, 7) is 2.26. The van der Waals surface area contributed by atoms with Crippen molar-refractivity contribution < 1.29 is 5.11 Å². The van der Waals surface area contributed by atoms with Crippen LogP contribution in [0.1, 0.15) is 32.6 Å². The number of aliphatic hydroxyl groups excluding tert-OH is 1. The maximum Gasteiger partial charge on any atom is 0.280 e. The molecule has 1 heterocycles. The van der Waals surface area contributed by atoms with Gasteiger partial charge in [-0.05, 0) is 34.7 Å². The molecule has 18 heavy (non-hydrogen) atoms. The van der Waals surface area contributed by atoms with E-state index in [4.69, 9.17) is 0 Å². The molecule has 1 aliphatic carbocycles. The van der Waals surface area contributed by atoms with Gasteiger partial charge in [0.25, 0.3) is 5.56 Å². The van der Waals surface area contributed by atoms with Crippen molar-refractivity contribution in [3.63, 3.8) is 0 Å². The third-order valence-electron chi connectivity index (χ3n) is 3.59. The Bertz CT molecular complexity index is 477. The van der Waals surface area contributed by atoms with Crippen LogP contribution in [0.4, 0.5) is 5.69 Å². The van der Waals surface area contributed by atoms with E-state index in [9.17, 15) is 9.90 Å². The number of halogens is 1. The first-order valence-corrected chi connectivity index (χ1v) is 6.98. The maximum absolute atomic E-state index is 11.5. The fourth-order valence-corrected chi connectivity index (χ4v) is 3.00. The molecular weight excluding hydrogens is 298 g/mol. The lowest BCUT2D eigenvalue weighted by molar-refractivity contribution is 0.149. The van der Waals surface area contributed by atoms with Gasteiger partial charge >= 0.3 is 0 Å². The van der Waals surface area contributed by atoms with Crippen molar-refractivity contribution in [2.24, 2.45) is 5.92 Å². The summed E-state index contributed by atoms with van der Waals surface area (Å²) in [5, 5.41) is 19.1. The zero-order chi connectivity index (χ0) is 13.2. The standard InChI is InChI=1S/C12H18BrN3O2/c1-8-3-2-4-12(5-8,7-17)15-9-6-14-16-11(18)10(9)13/h6,8,17H,2-5,7H2,1H3,(H2,15,16,18). The van der Waals surface area contributed by atoms with Gasteiger partial charge in [0.2, 0.25) is 0 Å². The van der Waals surface area contributed by atoms with Gasteiger partial charge in [0.15, 0.2) is 0 Å². The van der Waals surface area contributed by atoms with E-state index in [1.807, 2.05) is 0 Å². The predicted molar refractivity (Wildman–Crippen MR) is 73.6 cm³/mol. The molecule has 2 atom stereocenters. The molecule has 0 spiro atoms. The van der Waals surface area contributed by atoms with Gasteiger partial charge in [-0.15, -0.1) is 0 Å². The highest BCUT2D eigenvalue weighted by Gasteiger charge is 2.34. The summed E-state index contributed by atoms with van der Waals surface area (Å²) in [5.41, 5.74) is 0.0363. The monoisotopic (exact) mass is 315 g/mol. The first-order valence-electron chi connectivity index (χ1n) is 6.18. The zero-order valence-corrected chi connectivity index (χ0v) is 12.0. The molecule has 0 bridgehead atoms. The van der Waals surface area contributed by atoms with E-state index in [2.05, 4.69) is 38.4 Å². The summed E-state index contributed by atoms with van der Waals surface area (Å²) in [4.78, 5) is 11.5. The van der Waals surface area contributed by atoms with Crippen LogP contribution in [-0.2, 0) is 0 Å². The first-order chi connectivity index (χ1) is 8.56. The number of hydrogen-bond acceptors (Lipinski definition) is 4. The van der Waals surface area contributed by atoms with Crippen molar-refractivity contribution in [2.75, 3.05) is 11.9 Å². The summed E-state index contributed by atoms with van der Waals surface area (Å²) < 4.78 is 0.434. The molecule has 2 unspecified atom stereocenters. The Hall–Kier alpha value is -0.880. The Kier molecular flexibility index (Phi) is 4.07. The van der Waals surface area contributed by atoms with Crippen LogP contribution in [0.2, 0.25) is 0 Å². The zero-order valence-electron chi connectivity index (χ0n) is 10.4. The van der Waals surface area contributed by atoms with Gasteiger partial charge in [-0.2, -0.15) is 5.10 Å². The Morgan fingerprint density at radius 2 is 2.50 bits per heavy atom. The molecule has 5 nitrogen and oxygen atoms in total. The van der Waals surface area contributed by atoms with Gasteiger partial charge in [-0.3, -0.25) is 4.79 Å². The van der Waals surface area contributed by atoms with Crippen LogP contribution < -0.4 is 10.9 Å². The molecule has 6 heteroatoms. The molecule has 100 valence electrons. The Morgan fingerprint density at radius 3 is 3.17 bits per heavy atom. The number of rotatable bonds is 3. The molecule has 1 aromatic rings. The van der Waals surface area contributed by atoms with Gasteiger partial charge in [0.05, 0.1) is 24.0 Å². The molecule has 1 aliphatic rings. The van der Waals surface area contributed by atoms with Crippen molar-refractivity contribution in [3.8, 4) is 0 Å². The van der Waals surface area contributed by atoms with Gasteiger partial charge in [0, 0.05) is 0 Å². The Labute approximate surface area is 114 Å². The number of aliphatic hydroxyl groups is 1. The lowest BCUT2D eigenvalue weighted by atomic mass is 9.77. The van der Waals surface area contributed by atoms with Crippen molar-refractivity contribution in [1.82, 2.24) is 10.2 Å². The lowest BCUT2D eigenvalue weighted by Crippen LogP contribution is -2.46. The second-order valence-electron chi connectivity index (χ2n) is 5.19. The number of aromatic amines is 1. The highest BCUT2D eigenvalue weighted by molar-refractivity contribution is 9.10. The van der Waals surface area contributed by atoms with Gasteiger partial charge in [0.1, 0.15) is 4.47 Å². The second kappa shape index (κ2) is 5.40. The predicted octanol–water partition coefficient (Wildman–Crippen LogP) is 1.89. The van der Waals surface area contributed by atoms with Crippen LogP contribution in [0.15, 0.2) is 15.5 Å². The SMILES string of the molecule is CC1CCCC(CO)(Nc2cn[nH]c(=O)c2Br)C1. The summed E-state index contributed by atoms with van der Waals surface area (Å²) in [7, 11) is 0. The van der Waals surface area contributed by atoms with Crippen LogP contribution in [0.3, 0.4) is 0 Å². The quantitative estimate of drug-likeness (QED) is 0.796. The minimum atomic E-state index is -0.338. The molecule has 2 rings (SSSR count). The summed E-state index contributed by atoms with van der Waals surface area (Å²) in [5.74, 6) is 0.576. The third kappa shape index (κ3) is 2.75. The number of anilines is 1. The van der Waals surface area contributed by atoms with E-state index in [-0.39, 0.29) is 17.7 Å². The van der Waals surface area contributed by atoms with Crippen LogP contribution in [0.5, 0.6) is 0 Å². The van der Waals surface area contributed by atoms with E-state index in [0.29, 0.717) is 16.1 Å². The minimum absolute atomic E-state index is 0.0661. The normalized spacial score (nSPS) is 28.1. The van der Waals surface area contributed by atoms with Crippen molar-refractivity contribution in [2.45, 2.75) is 38.1 Å². The van der Waals surface area contributed by atoms with Gasteiger partial charge in [-0.25, -0.2) is 5.10 Å². The summed E-state index contributed by atoms with van der Waals surface area (Å²) in [6.07, 6.45) is 5.67. The van der Waals surface area contributed by atoms with Gasteiger partial charge in [-0.1, -0.05) is 19.8 Å². The second-order valence-corrected chi connectivity index (χ2v) is 5.98. The van der Waals surface area contributed by atoms with Crippen LogP contribution >= 0.6 is 15.9 Å². The van der Waals surface area contributed by atoms with Crippen LogP contribution in [0.25, 0.3) is 0 Å². The number of aromatic nitrogens is 2. The van der Waals surface area contributed by atoms with E-state index < -0.39 is 0 Å². The Balaban J connectivity index is 2.24. The van der Waals surface area contributed by atoms with Gasteiger partial charge < -0.3 is 10.4 Å². The smallest absolute Gasteiger partial charge is 0.280 e. The van der Waals surface area contributed by atoms with E-state index >= 15 is 0 Å². The third-order valence-corrected chi connectivity index (χ3v) is 4.38. The number of nitrogens with one attached hydrogen (secondary N) is 2. The molecule has 1 aromatic heterocycles. The molecular formula is C12H18BrN3O2. The van der Waals surface area contributed by atoms with E-state index in [1.54, 1.807) is 6.20 Å². The number of hydrogen-bond donors (Lipinski definition) is 3. The van der Waals surface area contributed by atoms with E-state index in [0.717, 1.165) is 19.3 Å². The van der Waals surface area contributed by atoms with Crippen LogP contribution in [0, 0.1) is 5.92 Å². The molecule has 0 aromatic carbocycles. The largest absolute Gasteiger partial charge is 0.394 e. The molecule has 1 fully saturated rings. The number of nitrogens with zero attached hydrogens (tertiary/aromatic N) is 1. The molecule has 3 N–H and O–H groups in total. The highest BCUT2D eigenvalue weighted by Crippen LogP contribution is 2.35. The average molecular weight is 316 g/mol. The fraction of sp³-hybridized carbons (Fsp3) is 0.667. The van der Waals surface area contributed by atoms with E-state index in [1.165, 1.54) is 6.42 Å². The minimum Gasteiger partial charge on any atom is -0.394 e. The molecule has 0 amide bonds.